The molecule has 0 saturated heterocycles. The van der Waals surface area contributed by atoms with E-state index in [2.05, 4.69) is 5.32 Å². The van der Waals surface area contributed by atoms with Crippen molar-refractivity contribution in [3.63, 3.8) is 0 Å². The van der Waals surface area contributed by atoms with Crippen molar-refractivity contribution in [2.24, 2.45) is 0 Å². The van der Waals surface area contributed by atoms with Crippen molar-refractivity contribution in [2.75, 3.05) is 26.9 Å². The SMILES string of the molecule is COCCCCNC(=O)CCCCO. The smallest absolute Gasteiger partial charge is 0.219 e. The molecule has 0 unspecified atom stereocenters. The van der Waals surface area contributed by atoms with E-state index < -0.39 is 0 Å². The molecule has 0 aliphatic carbocycles. The molecule has 0 aromatic rings. The highest BCUT2D eigenvalue weighted by Crippen LogP contribution is 1.94. The lowest BCUT2D eigenvalue weighted by Crippen LogP contribution is -2.24. The van der Waals surface area contributed by atoms with Gasteiger partial charge in [-0.25, -0.2) is 0 Å². The topological polar surface area (TPSA) is 58.6 Å². The number of ether oxygens (including phenoxy) is 1. The summed E-state index contributed by atoms with van der Waals surface area (Å²) >= 11 is 0. The van der Waals surface area contributed by atoms with E-state index >= 15 is 0 Å². The number of rotatable bonds is 9. The molecule has 0 aliphatic rings. The molecule has 4 nitrogen and oxygen atoms in total. The molecule has 0 aromatic carbocycles. The number of hydrogen-bond acceptors (Lipinski definition) is 3. The second-order valence-corrected chi connectivity index (χ2v) is 3.23. The summed E-state index contributed by atoms with van der Waals surface area (Å²) in [6.07, 6.45) is 3.93. The summed E-state index contributed by atoms with van der Waals surface area (Å²) in [5, 5.41) is 11.3. The zero-order valence-corrected chi connectivity index (χ0v) is 8.92. The van der Waals surface area contributed by atoms with Crippen LogP contribution >= 0.6 is 0 Å². The number of aliphatic hydroxyl groups excluding tert-OH is 1. The van der Waals surface area contributed by atoms with Gasteiger partial charge in [0.1, 0.15) is 0 Å². The summed E-state index contributed by atoms with van der Waals surface area (Å²) in [7, 11) is 1.67. The Kier molecular flexibility index (Phi) is 10.0. The predicted octanol–water partition coefficient (Wildman–Crippen LogP) is 0.692. The molecule has 0 fully saturated rings. The summed E-state index contributed by atoms with van der Waals surface area (Å²) in [6, 6.07) is 0. The van der Waals surface area contributed by atoms with Gasteiger partial charge in [-0.2, -0.15) is 0 Å². The first-order valence-electron chi connectivity index (χ1n) is 5.17. The quantitative estimate of drug-likeness (QED) is 0.542. The maximum atomic E-state index is 11.1. The maximum absolute atomic E-state index is 11.1. The van der Waals surface area contributed by atoms with E-state index in [1.807, 2.05) is 0 Å². The van der Waals surface area contributed by atoms with Crippen LogP contribution in [0.3, 0.4) is 0 Å². The summed E-state index contributed by atoms with van der Waals surface area (Å²) in [6.45, 7) is 1.64. The molecular formula is C10H21NO3. The number of carbonyl (C=O) groups excluding carboxylic acids is 1. The van der Waals surface area contributed by atoms with Gasteiger partial charge in [0, 0.05) is 33.3 Å². The predicted molar refractivity (Wildman–Crippen MR) is 55.1 cm³/mol. The van der Waals surface area contributed by atoms with E-state index in [-0.39, 0.29) is 12.5 Å². The van der Waals surface area contributed by atoms with E-state index in [1.54, 1.807) is 7.11 Å². The minimum absolute atomic E-state index is 0.0795. The Morgan fingerprint density at radius 3 is 2.71 bits per heavy atom. The highest BCUT2D eigenvalue weighted by molar-refractivity contribution is 5.75. The Hall–Kier alpha value is -0.610. The fourth-order valence-corrected chi connectivity index (χ4v) is 1.08. The third-order valence-corrected chi connectivity index (χ3v) is 1.91. The average Bonchev–Trinajstić information content (AvgIpc) is 2.18. The number of nitrogens with one attached hydrogen (secondary N) is 1. The maximum Gasteiger partial charge on any atom is 0.219 e. The summed E-state index contributed by atoms with van der Waals surface area (Å²) in [5.41, 5.74) is 0. The molecule has 14 heavy (non-hydrogen) atoms. The van der Waals surface area contributed by atoms with Gasteiger partial charge in [-0.15, -0.1) is 0 Å². The molecule has 0 rings (SSSR count). The van der Waals surface area contributed by atoms with Crippen LogP contribution in [0.5, 0.6) is 0 Å². The highest BCUT2D eigenvalue weighted by atomic mass is 16.5. The lowest BCUT2D eigenvalue weighted by Gasteiger charge is -2.04. The van der Waals surface area contributed by atoms with E-state index in [9.17, 15) is 4.79 Å². The van der Waals surface area contributed by atoms with E-state index in [0.717, 1.165) is 32.4 Å². The van der Waals surface area contributed by atoms with Crippen molar-refractivity contribution < 1.29 is 14.6 Å². The third kappa shape index (κ3) is 9.48. The Bertz CT molecular complexity index is 139. The largest absolute Gasteiger partial charge is 0.396 e. The Labute approximate surface area is 85.6 Å². The summed E-state index contributed by atoms with van der Waals surface area (Å²) in [4.78, 5) is 11.1. The van der Waals surface area contributed by atoms with Crippen LogP contribution in [0.2, 0.25) is 0 Å². The van der Waals surface area contributed by atoms with Gasteiger partial charge >= 0.3 is 0 Å². The van der Waals surface area contributed by atoms with Gasteiger partial charge in [0.15, 0.2) is 0 Å². The first-order valence-corrected chi connectivity index (χ1v) is 5.17. The number of amides is 1. The van der Waals surface area contributed by atoms with Gasteiger partial charge in [0.05, 0.1) is 0 Å². The average molecular weight is 203 g/mol. The van der Waals surface area contributed by atoms with Crippen molar-refractivity contribution >= 4 is 5.91 Å². The van der Waals surface area contributed by atoms with Crippen LogP contribution in [0.15, 0.2) is 0 Å². The van der Waals surface area contributed by atoms with E-state index in [0.29, 0.717) is 12.8 Å². The van der Waals surface area contributed by atoms with Crippen LogP contribution in [-0.4, -0.2) is 37.9 Å². The molecule has 0 aromatic heterocycles. The first kappa shape index (κ1) is 13.4. The molecule has 4 heteroatoms. The summed E-state index contributed by atoms with van der Waals surface area (Å²) < 4.78 is 4.89. The van der Waals surface area contributed by atoms with Crippen LogP contribution in [0.4, 0.5) is 0 Å². The number of carbonyl (C=O) groups is 1. The summed E-state index contributed by atoms with van der Waals surface area (Å²) in [5.74, 6) is 0.0795. The van der Waals surface area contributed by atoms with Gasteiger partial charge in [-0.05, 0) is 25.7 Å². The number of methoxy groups -OCH3 is 1. The molecule has 0 spiro atoms. The van der Waals surface area contributed by atoms with Crippen molar-refractivity contribution in [3.8, 4) is 0 Å². The standard InChI is InChI=1S/C10H21NO3/c1-14-9-5-3-7-11-10(13)6-2-4-8-12/h12H,2-9H2,1H3,(H,11,13). The van der Waals surface area contributed by atoms with E-state index in [1.165, 1.54) is 0 Å². The third-order valence-electron chi connectivity index (χ3n) is 1.91. The van der Waals surface area contributed by atoms with Crippen LogP contribution < -0.4 is 5.32 Å². The van der Waals surface area contributed by atoms with Crippen molar-refractivity contribution in [1.82, 2.24) is 5.32 Å². The minimum atomic E-state index is 0.0795. The normalized spacial score (nSPS) is 10.1. The number of hydrogen-bond donors (Lipinski definition) is 2. The molecule has 2 N–H and O–H groups in total. The first-order chi connectivity index (χ1) is 6.81. The van der Waals surface area contributed by atoms with Crippen LogP contribution in [0.25, 0.3) is 0 Å². The lowest BCUT2D eigenvalue weighted by molar-refractivity contribution is -0.121. The second kappa shape index (κ2) is 10.5. The highest BCUT2D eigenvalue weighted by Gasteiger charge is 1.99. The van der Waals surface area contributed by atoms with Crippen LogP contribution in [0, 0.1) is 0 Å². The molecule has 0 saturated carbocycles. The van der Waals surface area contributed by atoms with Crippen LogP contribution in [-0.2, 0) is 9.53 Å². The Balaban J connectivity index is 3.10. The van der Waals surface area contributed by atoms with Gasteiger partial charge in [0.2, 0.25) is 5.91 Å². The lowest BCUT2D eigenvalue weighted by atomic mass is 10.2. The zero-order chi connectivity index (χ0) is 10.6. The number of aliphatic hydroxyl groups is 1. The molecule has 1 amide bonds. The molecule has 0 radical (unpaired) electrons. The van der Waals surface area contributed by atoms with Gasteiger partial charge < -0.3 is 15.2 Å². The van der Waals surface area contributed by atoms with E-state index in [4.69, 9.17) is 9.84 Å². The fourth-order valence-electron chi connectivity index (χ4n) is 1.08. The number of unbranched alkanes of at least 4 members (excludes halogenated alkanes) is 2. The molecule has 0 heterocycles. The van der Waals surface area contributed by atoms with Crippen molar-refractivity contribution in [3.05, 3.63) is 0 Å². The second-order valence-electron chi connectivity index (χ2n) is 3.23. The van der Waals surface area contributed by atoms with Gasteiger partial charge in [-0.1, -0.05) is 0 Å². The Morgan fingerprint density at radius 2 is 2.07 bits per heavy atom. The molecule has 0 bridgehead atoms. The zero-order valence-electron chi connectivity index (χ0n) is 8.92. The molecular weight excluding hydrogens is 182 g/mol. The van der Waals surface area contributed by atoms with Gasteiger partial charge in [-0.3, -0.25) is 4.79 Å². The molecule has 0 atom stereocenters. The van der Waals surface area contributed by atoms with Crippen LogP contribution in [0.1, 0.15) is 32.1 Å². The van der Waals surface area contributed by atoms with Crippen molar-refractivity contribution in [1.29, 1.82) is 0 Å². The van der Waals surface area contributed by atoms with Gasteiger partial charge in [0.25, 0.3) is 0 Å². The fraction of sp³-hybridized carbons (Fsp3) is 0.900. The molecule has 84 valence electrons. The van der Waals surface area contributed by atoms with Crippen molar-refractivity contribution in [2.45, 2.75) is 32.1 Å². The monoisotopic (exact) mass is 203 g/mol. The minimum Gasteiger partial charge on any atom is -0.396 e. The molecule has 0 aliphatic heterocycles. The Morgan fingerprint density at radius 1 is 1.29 bits per heavy atom.